The minimum atomic E-state index is -4.46. The lowest BCUT2D eigenvalue weighted by Gasteiger charge is -2.23. The third-order valence-corrected chi connectivity index (χ3v) is 4.37. The Morgan fingerprint density at radius 1 is 1.48 bits per heavy atom. The highest BCUT2D eigenvalue weighted by Gasteiger charge is 2.36. The van der Waals surface area contributed by atoms with Crippen molar-refractivity contribution in [2.24, 2.45) is 7.05 Å². The van der Waals surface area contributed by atoms with Gasteiger partial charge < -0.3 is 10.2 Å². The number of aromatic nitrogens is 2. The van der Waals surface area contributed by atoms with E-state index < -0.39 is 24.7 Å². The smallest absolute Gasteiger partial charge is 0.345 e. The number of halogens is 3. The van der Waals surface area contributed by atoms with Gasteiger partial charge in [-0.15, -0.1) is 11.8 Å². The summed E-state index contributed by atoms with van der Waals surface area (Å²) >= 11 is 1.35. The number of rotatable bonds is 5. The largest absolute Gasteiger partial charge is 0.405 e. The van der Waals surface area contributed by atoms with Crippen LogP contribution in [-0.2, 0) is 23.1 Å². The number of nitrogens with zero attached hydrogens (tertiary/aromatic N) is 3. The Hall–Kier alpha value is -1.71. The summed E-state index contributed by atoms with van der Waals surface area (Å²) in [6.45, 7) is -1.38. The van der Waals surface area contributed by atoms with Crippen molar-refractivity contribution in [2.75, 3.05) is 18.2 Å². The molecule has 0 saturated carbocycles. The summed E-state index contributed by atoms with van der Waals surface area (Å²) < 4.78 is 38.1. The second-order valence-corrected chi connectivity index (χ2v) is 6.23. The first-order chi connectivity index (χ1) is 10.8. The second kappa shape index (κ2) is 7.24. The van der Waals surface area contributed by atoms with Gasteiger partial charge in [0.1, 0.15) is 12.6 Å². The van der Waals surface area contributed by atoms with Gasteiger partial charge in [-0.1, -0.05) is 0 Å². The van der Waals surface area contributed by atoms with Crippen molar-refractivity contribution in [3.63, 3.8) is 0 Å². The molecular formula is C13H17F3N4O2S. The van der Waals surface area contributed by atoms with E-state index in [0.717, 1.165) is 5.56 Å². The van der Waals surface area contributed by atoms with Crippen LogP contribution in [0.4, 0.5) is 13.2 Å². The maximum Gasteiger partial charge on any atom is 0.405 e. The van der Waals surface area contributed by atoms with Crippen molar-refractivity contribution in [3.8, 4) is 0 Å². The standard InChI is InChI=1S/C13H17F3N4O2S/c1-19-5-9(4-18-19)2-3-11(21)20-8-23-6-10(20)12(22)17-7-13(14,15)16/h4-5,10H,2-3,6-8H2,1H3,(H,17,22). The number of thioether (sulfide) groups is 1. The molecule has 1 aromatic rings. The molecule has 0 radical (unpaired) electrons. The Morgan fingerprint density at radius 2 is 2.22 bits per heavy atom. The van der Waals surface area contributed by atoms with Crippen LogP contribution >= 0.6 is 11.8 Å². The molecule has 1 aromatic heterocycles. The van der Waals surface area contributed by atoms with Crippen molar-refractivity contribution in [1.29, 1.82) is 0 Å². The Balaban J connectivity index is 1.87. The van der Waals surface area contributed by atoms with Gasteiger partial charge in [0.25, 0.3) is 0 Å². The molecule has 1 saturated heterocycles. The molecule has 0 spiro atoms. The van der Waals surface area contributed by atoms with Crippen LogP contribution < -0.4 is 5.32 Å². The van der Waals surface area contributed by atoms with E-state index >= 15 is 0 Å². The maximum atomic E-state index is 12.2. The quantitative estimate of drug-likeness (QED) is 0.858. The van der Waals surface area contributed by atoms with Gasteiger partial charge in [-0.3, -0.25) is 14.3 Å². The zero-order chi connectivity index (χ0) is 17.0. The molecule has 1 fully saturated rings. The molecule has 1 aliphatic rings. The fourth-order valence-corrected chi connectivity index (χ4v) is 3.39. The summed E-state index contributed by atoms with van der Waals surface area (Å²) in [6.07, 6.45) is -0.352. The molecule has 1 N–H and O–H groups in total. The highest BCUT2D eigenvalue weighted by Crippen LogP contribution is 2.23. The van der Waals surface area contributed by atoms with Crippen LogP contribution in [0.15, 0.2) is 12.4 Å². The SMILES string of the molecule is Cn1cc(CCC(=O)N2CSCC2C(=O)NCC(F)(F)F)cn1. The molecule has 1 aliphatic heterocycles. The molecule has 2 heterocycles. The van der Waals surface area contributed by atoms with Crippen LogP contribution in [0, 0.1) is 0 Å². The molecule has 6 nitrogen and oxygen atoms in total. The maximum absolute atomic E-state index is 12.2. The lowest BCUT2D eigenvalue weighted by Crippen LogP contribution is -2.49. The van der Waals surface area contributed by atoms with Crippen molar-refractivity contribution >= 4 is 23.6 Å². The van der Waals surface area contributed by atoms with Crippen LogP contribution in [0.25, 0.3) is 0 Å². The summed E-state index contributed by atoms with van der Waals surface area (Å²) in [5.74, 6) is -0.383. The van der Waals surface area contributed by atoms with Crippen molar-refractivity contribution in [3.05, 3.63) is 18.0 Å². The molecule has 0 aliphatic carbocycles. The molecule has 1 unspecified atom stereocenters. The molecule has 23 heavy (non-hydrogen) atoms. The van der Waals surface area contributed by atoms with Crippen LogP contribution in [0.1, 0.15) is 12.0 Å². The zero-order valence-electron chi connectivity index (χ0n) is 12.5. The van der Waals surface area contributed by atoms with Gasteiger partial charge in [-0.05, 0) is 12.0 Å². The van der Waals surface area contributed by atoms with Gasteiger partial charge in [-0.25, -0.2) is 0 Å². The van der Waals surface area contributed by atoms with E-state index in [1.54, 1.807) is 24.1 Å². The highest BCUT2D eigenvalue weighted by molar-refractivity contribution is 7.99. The number of carbonyl (C=O) groups excluding carboxylic acids is 2. The number of amides is 2. The van der Waals surface area contributed by atoms with Gasteiger partial charge in [0.05, 0.1) is 12.1 Å². The normalized spacial score (nSPS) is 18.3. The summed E-state index contributed by atoms with van der Waals surface area (Å²) in [4.78, 5) is 25.4. The number of aryl methyl sites for hydroxylation is 2. The number of alkyl halides is 3. The predicted molar refractivity (Wildman–Crippen MR) is 78.6 cm³/mol. The first-order valence-corrected chi connectivity index (χ1v) is 8.11. The summed E-state index contributed by atoms with van der Waals surface area (Å²) in [5.41, 5.74) is 0.894. The molecule has 0 bridgehead atoms. The van der Waals surface area contributed by atoms with Gasteiger partial charge in [0.15, 0.2) is 0 Å². The summed E-state index contributed by atoms with van der Waals surface area (Å²) in [7, 11) is 1.77. The van der Waals surface area contributed by atoms with E-state index in [4.69, 9.17) is 0 Å². The number of hydrogen-bond donors (Lipinski definition) is 1. The topological polar surface area (TPSA) is 67.2 Å². The second-order valence-electron chi connectivity index (χ2n) is 5.23. The van der Waals surface area contributed by atoms with Crippen LogP contribution in [0.5, 0.6) is 0 Å². The lowest BCUT2D eigenvalue weighted by atomic mass is 10.1. The van der Waals surface area contributed by atoms with Crippen molar-refractivity contribution in [2.45, 2.75) is 25.1 Å². The average molecular weight is 350 g/mol. The van der Waals surface area contributed by atoms with Gasteiger partial charge >= 0.3 is 6.18 Å². The predicted octanol–water partition coefficient (Wildman–Crippen LogP) is 0.933. The summed E-state index contributed by atoms with van der Waals surface area (Å²) in [6, 6.07) is -0.844. The third kappa shape index (κ3) is 5.15. The minimum absolute atomic E-state index is 0.190. The average Bonchev–Trinajstić information content (AvgIpc) is 3.10. The van der Waals surface area contributed by atoms with E-state index in [1.807, 2.05) is 5.32 Å². The number of hydrogen-bond acceptors (Lipinski definition) is 4. The number of carbonyl (C=O) groups is 2. The number of nitrogens with one attached hydrogen (secondary N) is 1. The third-order valence-electron chi connectivity index (χ3n) is 3.35. The first-order valence-electron chi connectivity index (χ1n) is 6.95. The minimum Gasteiger partial charge on any atom is -0.345 e. The molecule has 2 amide bonds. The Morgan fingerprint density at radius 3 is 2.83 bits per heavy atom. The first kappa shape index (κ1) is 17.6. The van der Waals surface area contributed by atoms with E-state index in [9.17, 15) is 22.8 Å². The summed E-state index contributed by atoms with van der Waals surface area (Å²) in [5, 5.41) is 5.84. The van der Waals surface area contributed by atoms with Gasteiger partial charge in [-0.2, -0.15) is 18.3 Å². The van der Waals surface area contributed by atoms with E-state index in [-0.39, 0.29) is 12.3 Å². The molecular weight excluding hydrogens is 333 g/mol. The fraction of sp³-hybridized carbons (Fsp3) is 0.615. The van der Waals surface area contributed by atoms with Crippen LogP contribution in [0.3, 0.4) is 0 Å². The molecule has 10 heteroatoms. The molecule has 2 rings (SSSR count). The van der Waals surface area contributed by atoms with Crippen molar-refractivity contribution in [1.82, 2.24) is 20.0 Å². The van der Waals surface area contributed by atoms with Crippen LogP contribution in [0.2, 0.25) is 0 Å². The Bertz CT molecular complexity index is 576. The zero-order valence-corrected chi connectivity index (χ0v) is 13.3. The lowest BCUT2D eigenvalue weighted by molar-refractivity contribution is -0.144. The molecule has 1 atom stereocenters. The molecule has 128 valence electrons. The van der Waals surface area contributed by atoms with Gasteiger partial charge in [0.2, 0.25) is 11.8 Å². The Labute approximate surface area is 135 Å². The molecule has 0 aromatic carbocycles. The highest BCUT2D eigenvalue weighted by atomic mass is 32.2. The van der Waals surface area contributed by atoms with Gasteiger partial charge in [0, 0.05) is 25.4 Å². The van der Waals surface area contributed by atoms with E-state index in [2.05, 4.69) is 5.10 Å². The van der Waals surface area contributed by atoms with E-state index in [0.29, 0.717) is 18.1 Å². The fourth-order valence-electron chi connectivity index (χ4n) is 2.21. The van der Waals surface area contributed by atoms with E-state index in [1.165, 1.54) is 16.7 Å². The van der Waals surface area contributed by atoms with Crippen LogP contribution in [-0.4, -0.2) is 56.9 Å². The Kier molecular flexibility index (Phi) is 5.55. The monoisotopic (exact) mass is 350 g/mol. The van der Waals surface area contributed by atoms with Crippen molar-refractivity contribution < 1.29 is 22.8 Å².